The fourth-order valence-electron chi connectivity index (χ4n) is 2.79. The number of rotatable bonds is 8. The Morgan fingerprint density at radius 2 is 1.77 bits per heavy atom. The molecule has 1 heterocycles. The third-order valence-electron chi connectivity index (χ3n) is 4.29. The molecule has 2 amide bonds. The van der Waals surface area contributed by atoms with Crippen LogP contribution in [0.5, 0.6) is 0 Å². The van der Waals surface area contributed by atoms with E-state index in [2.05, 4.69) is 20.8 Å². The number of halogens is 2. The van der Waals surface area contributed by atoms with Gasteiger partial charge < -0.3 is 15.2 Å². The van der Waals surface area contributed by atoms with Gasteiger partial charge in [0.15, 0.2) is 5.16 Å². The van der Waals surface area contributed by atoms with Gasteiger partial charge in [0.05, 0.1) is 17.9 Å². The number of aryl methyl sites for hydroxylation is 1. The maximum absolute atomic E-state index is 13.9. The summed E-state index contributed by atoms with van der Waals surface area (Å²) in [5.41, 5.74) is 1.35. The standard InChI is InChI=1S/C21H21F2N5O2S/c1-3-28-18(11-19(29)24-15-7-5-14(22)6-8-15)26-27-21(28)31-12-20(30)25-17-9-4-13(2)10-16(17)23/h4-10H,3,11-12H2,1-2H3,(H,24,29)(H,25,30). The van der Waals surface area contributed by atoms with Gasteiger partial charge in [-0.2, -0.15) is 0 Å². The molecular weight excluding hydrogens is 424 g/mol. The van der Waals surface area contributed by atoms with Crippen LogP contribution in [0.2, 0.25) is 0 Å². The predicted molar refractivity (Wildman–Crippen MR) is 115 cm³/mol. The van der Waals surface area contributed by atoms with Gasteiger partial charge >= 0.3 is 0 Å². The Balaban J connectivity index is 1.58. The molecule has 0 saturated heterocycles. The molecule has 0 aliphatic carbocycles. The van der Waals surface area contributed by atoms with Gasteiger partial charge in [-0.25, -0.2) is 8.78 Å². The first-order valence-electron chi connectivity index (χ1n) is 9.52. The highest BCUT2D eigenvalue weighted by molar-refractivity contribution is 7.99. The average Bonchev–Trinajstić information content (AvgIpc) is 3.11. The summed E-state index contributed by atoms with van der Waals surface area (Å²) in [6, 6.07) is 10.0. The van der Waals surface area contributed by atoms with Crippen molar-refractivity contribution in [3.05, 3.63) is 65.5 Å². The fraction of sp³-hybridized carbons (Fsp3) is 0.238. The molecule has 0 fully saturated rings. The Bertz CT molecular complexity index is 1090. The number of hydrogen-bond acceptors (Lipinski definition) is 5. The third-order valence-corrected chi connectivity index (χ3v) is 5.25. The zero-order valence-corrected chi connectivity index (χ0v) is 17.8. The summed E-state index contributed by atoms with van der Waals surface area (Å²) in [5, 5.41) is 13.8. The zero-order valence-electron chi connectivity index (χ0n) is 17.0. The number of hydrogen-bond donors (Lipinski definition) is 2. The van der Waals surface area contributed by atoms with E-state index in [1.54, 1.807) is 17.6 Å². The quantitative estimate of drug-likeness (QED) is 0.515. The van der Waals surface area contributed by atoms with Crippen molar-refractivity contribution in [1.82, 2.24) is 14.8 Å². The molecule has 0 aliphatic rings. The molecule has 7 nitrogen and oxygen atoms in total. The lowest BCUT2D eigenvalue weighted by Gasteiger charge is -2.09. The minimum atomic E-state index is -0.496. The van der Waals surface area contributed by atoms with Crippen molar-refractivity contribution in [2.75, 3.05) is 16.4 Å². The molecule has 0 atom stereocenters. The fourth-order valence-corrected chi connectivity index (χ4v) is 3.62. The van der Waals surface area contributed by atoms with Crippen molar-refractivity contribution in [1.29, 1.82) is 0 Å². The van der Waals surface area contributed by atoms with Crippen LogP contribution in [0.25, 0.3) is 0 Å². The Labute approximate surface area is 182 Å². The molecule has 0 bridgehead atoms. The minimum absolute atomic E-state index is 0.00717. The van der Waals surface area contributed by atoms with Crippen LogP contribution in [0.3, 0.4) is 0 Å². The van der Waals surface area contributed by atoms with E-state index in [1.165, 1.54) is 36.4 Å². The topological polar surface area (TPSA) is 88.9 Å². The van der Waals surface area contributed by atoms with Gasteiger partial charge in [0.25, 0.3) is 0 Å². The SMILES string of the molecule is CCn1c(CC(=O)Nc2ccc(F)cc2)nnc1SCC(=O)Nc1ccc(C)cc1F. The van der Waals surface area contributed by atoms with Gasteiger partial charge in [0.1, 0.15) is 17.5 Å². The van der Waals surface area contributed by atoms with Crippen molar-refractivity contribution < 1.29 is 18.4 Å². The Kier molecular flexibility index (Phi) is 7.35. The van der Waals surface area contributed by atoms with E-state index < -0.39 is 5.82 Å². The number of amides is 2. The summed E-state index contributed by atoms with van der Waals surface area (Å²) in [6.45, 7) is 4.14. The van der Waals surface area contributed by atoms with Crippen LogP contribution in [0, 0.1) is 18.6 Å². The number of aromatic nitrogens is 3. The van der Waals surface area contributed by atoms with Crippen molar-refractivity contribution in [2.24, 2.45) is 0 Å². The van der Waals surface area contributed by atoms with E-state index in [1.807, 2.05) is 6.92 Å². The Hall–Kier alpha value is -3.27. The molecule has 0 radical (unpaired) electrons. The average molecular weight is 445 g/mol. The van der Waals surface area contributed by atoms with Gasteiger partial charge in [-0.05, 0) is 55.8 Å². The first kappa shape index (κ1) is 22.4. The Morgan fingerprint density at radius 3 is 2.45 bits per heavy atom. The summed E-state index contributed by atoms with van der Waals surface area (Å²) >= 11 is 1.14. The lowest BCUT2D eigenvalue weighted by Crippen LogP contribution is -2.18. The van der Waals surface area contributed by atoms with E-state index in [9.17, 15) is 18.4 Å². The molecule has 0 saturated carbocycles. The maximum atomic E-state index is 13.9. The first-order chi connectivity index (χ1) is 14.9. The van der Waals surface area contributed by atoms with Crippen molar-refractivity contribution >= 4 is 35.0 Å². The molecule has 0 unspecified atom stereocenters. The van der Waals surface area contributed by atoms with Gasteiger partial charge in [-0.3, -0.25) is 9.59 Å². The summed E-state index contributed by atoms with van der Waals surface area (Å²) in [5.74, 6) is -1.14. The van der Waals surface area contributed by atoms with Crippen LogP contribution in [0.1, 0.15) is 18.3 Å². The lowest BCUT2D eigenvalue weighted by atomic mass is 10.2. The summed E-state index contributed by atoms with van der Waals surface area (Å²) in [7, 11) is 0. The first-order valence-corrected chi connectivity index (χ1v) is 10.5. The van der Waals surface area contributed by atoms with E-state index in [4.69, 9.17) is 0 Å². The predicted octanol–water partition coefficient (Wildman–Crippen LogP) is 3.80. The second-order valence-corrected chi connectivity index (χ2v) is 7.64. The number of anilines is 2. The molecule has 10 heteroatoms. The number of nitrogens with zero attached hydrogens (tertiary/aromatic N) is 3. The smallest absolute Gasteiger partial charge is 0.234 e. The largest absolute Gasteiger partial charge is 0.326 e. The van der Waals surface area contributed by atoms with Gasteiger partial charge in [-0.15, -0.1) is 10.2 Å². The normalized spacial score (nSPS) is 10.7. The monoisotopic (exact) mass is 445 g/mol. The molecule has 31 heavy (non-hydrogen) atoms. The second-order valence-electron chi connectivity index (χ2n) is 6.70. The van der Waals surface area contributed by atoms with Gasteiger partial charge in [0, 0.05) is 12.2 Å². The highest BCUT2D eigenvalue weighted by atomic mass is 32.2. The van der Waals surface area contributed by atoms with Gasteiger partial charge in [0.2, 0.25) is 11.8 Å². The van der Waals surface area contributed by atoms with Gasteiger partial charge in [-0.1, -0.05) is 17.8 Å². The number of benzene rings is 2. The van der Waals surface area contributed by atoms with Crippen LogP contribution < -0.4 is 10.6 Å². The molecule has 3 aromatic rings. The van der Waals surface area contributed by atoms with E-state index in [0.29, 0.717) is 23.2 Å². The summed E-state index contributed by atoms with van der Waals surface area (Å²) in [6.07, 6.45) is -0.0282. The molecular formula is C21H21F2N5O2S. The summed E-state index contributed by atoms with van der Waals surface area (Å²) < 4.78 is 28.6. The number of carbonyl (C=O) groups excluding carboxylic acids is 2. The van der Waals surface area contributed by atoms with Crippen molar-refractivity contribution in [2.45, 2.75) is 32.0 Å². The number of carbonyl (C=O) groups is 2. The molecule has 0 spiro atoms. The maximum Gasteiger partial charge on any atom is 0.234 e. The van der Waals surface area contributed by atoms with Crippen LogP contribution >= 0.6 is 11.8 Å². The van der Waals surface area contributed by atoms with Crippen LogP contribution in [0.15, 0.2) is 47.6 Å². The highest BCUT2D eigenvalue weighted by Crippen LogP contribution is 2.20. The second kappa shape index (κ2) is 10.2. The molecule has 2 N–H and O–H groups in total. The highest BCUT2D eigenvalue weighted by Gasteiger charge is 2.16. The molecule has 162 valence electrons. The van der Waals surface area contributed by atoms with E-state index >= 15 is 0 Å². The number of thioether (sulfide) groups is 1. The van der Waals surface area contributed by atoms with Crippen LogP contribution in [0.4, 0.5) is 20.2 Å². The third kappa shape index (κ3) is 6.11. The Morgan fingerprint density at radius 1 is 1.03 bits per heavy atom. The lowest BCUT2D eigenvalue weighted by molar-refractivity contribution is -0.116. The molecule has 2 aromatic carbocycles. The number of nitrogens with one attached hydrogen (secondary N) is 2. The van der Waals surface area contributed by atoms with E-state index in [0.717, 1.165) is 17.3 Å². The van der Waals surface area contributed by atoms with Crippen molar-refractivity contribution in [3.63, 3.8) is 0 Å². The molecule has 3 rings (SSSR count). The van der Waals surface area contributed by atoms with Crippen LogP contribution in [-0.4, -0.2) is 32.3 Å². The van der Waals surface area contributed by atoms with Crippen LogP contribution in [-0.2, 0) is 22.6 Å². The molecule has 0 aliphatic heterocycles. The molecule has 1 aromatic heterocycles. The van der Waals surface area contributed by atoms with Crippen molar-refractivity contribution in [3.8, 4) is 0 Å². The summed E-state index contributed by atoms with van der Waals surface area (Å²) in [4.78, 5) is 24.5. The minimum Gasteiger partial charge on any atom is -0.326 e. The zero-order chi connectivity index (χ0) is 22.4. The van der Waals surface area contributed by atoms with E-state index in [-0.39, 0.29) is 35.5 Å².